The van der Waals surface area contributed by atoms with Crippen molar-refractivity contribution in [1.29, 1.82) is 0 Å². The van der Waals surface area contributed by atoms with Gasteiger partial charge in [0.05, 0.1) is 22.3 Å². The molecule has 0 spiro atoms. The van der Waals surface area contributed by atoms with E-state index in [9.17, 15) is 0 Å². The lowest BCUT2D eigenvalue weighted by Crippen LogP contribution is -2.60. The number of benzene rings is 3. The van der Waals surface area contributed by atoms with E-state index in [1.165, 1.54) is 54.5 Å². The third-order valence-electron chi connectivity index (χ3n) is 8.11. The van der Waals surface area contributed by atoms with E-state index in [2.05, 4.69) is 128 Å². The first-order chi connectivity index (χ1) is 17.6. The van der Waals surface area contributed by atoms with Crippen molar-refractivity contribution >= 4 is 33.9 Å². The number of rotatable bonds is 4. The summed E-state index contributed by atoms with van der Waals surface area (Å²) >= 11 is 1.87. The zero-order valence-corrected chi connectivity index (χ0v) is 22.4. The highest BCUT2D eigenvalue weighted by atomic mass is 32.2. The molecule has 3 heteroatoms. The van der Waals surface area contributed by atoms with E-state index in [1.807, 2.05) is 11.8 Å². The summed E-state index contributed by atoms with van der Waals surface area (Å²) in [6.45, 7) is 9.02. The maximum atomic E-state index is 2.59. The van der Waals surface area contributed by atoms with Gasteiger partial charge in [-0.15, -0.1) is 0 Å². The quantitative estimate of drug-likeness (QED) is 0.264. The fraction of sp³-hybridized carbons (Fsp3) is 0.242. The molecular formula is C33H33N2S+. The number of hydrogen-bond donors (Lipinski definition) is 0. The zero-order chi connectivity index (χ0) is 24.9. The highest BCUT2D eigenvalue weighted by Crippen LogP contribution is 2.48. The highest BCUT2D eigenvalue weighted by Gasteiger charge is 2.44. The Balaban J connectivity index is 1.63. The molecule has 0 radical (unpaired) electrons. The Morgan fingerprint density at radius 3 is 2.56 bits per heavy atom. The monoisotopic (exact) mass is 489 g/mol. The van der Waals surface area contributed by atoms with Crippen molar-refractivity contribution in [1.82, 2.24) is 0 Å². The summed E-state index contributed by atoms with van der Waals surface area (Å²) in [7, 11) is 0. The van der Waals surface area contributed by atoms with Crippen molar-refractivity contribution in [2.24, 2.45) is 0 Å². The number of hydrogen-bond acceptors (Lipinski definition) is 2. The number of pyridine rings is 1. The fourth-order valence-corrected chi connectivity index (χ4v) is 7.11. The first-order valence-electron chi connectivity index (χ1n) is 13.1. The van der Waals surface area contributed by atoms with Crippen LogP contribution in [0.2, 0.25) is 0 Å². The molecule has 6 rings (SSSR count). The van der Waals surface area contributed by atoms with Crippen LogP contribution in [0.3, 0.4) is 0 Å². The molecule has 0 saturated carbocycles. The summed E-state index contributed by atoms with van der Waals surface area (Å²) in [6.07, 6.45) is 10.0. The first kappa shape index (κ1) is 23.1. The summed E-state index contributed by atoms with van der Waals surface area (Å²) in [5.74, 6) is 0. The van der Waals surface area contributed by atoms with Gasteiger partial charge in [-0.25, -0.2) is 0 Å². The maximum Gasteiger partial charge on any atom is 0.221 e. The van der Waals surface area contributed by atoms with Crippen LogP contribution in [-0.4, -0.2) is 0 Å². The predicted octanol–water partition coefficient (Wildman–Crippen LogP) is 8.92. The molecule has 0 atom stereocenters. The van der Waals surface area contributed by atoms with Crippen molar-refractivity contribution in [2.45, 2.75) is 57.4 Å². The standard InChI is InChI=1S/C33H33N2S/c1-5-12-29-23(4)36-31-16-11-10-15-30(31)35(29)26-18-17-25-22-33(6-2,7-3)34-20-19-24-13-8-9-14-27(24)32(34)28(25)21-26/h5,8-21H,6-7,22H2,1-4H3/q+1. The Hall–Kier alpha value is -3.30. The molecular weight excluding hydrogens is 456 g/mol. The topological polar surface area (TPSA) is 7.12 Å². The number of thioether (sulfide) groups is 1. The second kappa shape index (κ2) is 8.97. The van der Waals surface area contributed by atoms with E-state index < -0.39 is 0 Å². The van der Waals surface area contributed by atoms with E-state index in [1.54, 1.807) is 0 Å². The van der Waals surface area contributed by atoms with E-state index in [-0.39, 0.29) is 5.54 Å². The fourth-order valence-electron chi connectivity index (χ4n) is 6.11. The van der Waals surface area contributed by atoms with Gasteiger partial charge in [-0.3, -0.25) is 0 Å². The summed E-state index contributed by atoms with van der Waals surface area (Å²) in [5, 5.41) is 2.63. The first-order valence-corrected chi connectivity index (χ1v) is 13.9. The Morgan fingerprint density at radius 1 is 0.972 bits per heavy atom. The maximum absolute atomic E-state index is 2.59. The Bertz CT molecular complexity index is 1540. The van der Waals surface area contributed by atoms with Crippen LogP contribution in [-0.2, 0) is 12.0 Å². The van der Waals surface area contributed by atoms with Crippen LogP contribution in [0.25, 0.3) is 22.0 Å². The van der Waals surface area contributed by atoms with Crippen LogP contribution in [0.15, 0.2) is 107 Å². The van der Waals surface area contributed by atoms with E-state index in [0.717, 1.165) is 19.3 Å². The molecule has 2 aliphatic heterocycles. The van der Waals surface area contributed by atoms with Crippen LogP contribution in [0, 0.1) is 0 Å². The Kier molecular flexibility index (Phi) is 5.76. The molecule has 0 bridgehead atoms. The largest absolute Gasteiger partial charge is 0.309 e. The van der Waals surface area contributed by atoms with Gasteiger partial charge in [0.1, 0.15) is 0 Å². The third kappa shape index (κ3) is 3.44. The molecule has 0 saturated heterocycles. The van der Waals surface area contributed by atoms with Crippen LogP contribution < -0.4 is 9.47 Å². The number of para-hydroxylation sites is 1. The Labute approximate surface area is 219 Å². The number of nitrogens with zero attached hydrogens (tertiary/aromatic N) is 2. The average Bonchev–Trinajstić information content (AvgIpc) is 2.92. The van der Waals surface area contributed by atoms with Gasteiger partial charge in [0, 0.05) is 40.8 Å². The van der Waals surface area contributed by atoms with Crippen molar-refractivity contribution in [3.05, 3.63) is 107 Å². The average molecular weight is 490 g/mol. The van der Waals surface area contributed by atoms with Crippen LogP contribution in [0.4, 0.5) is 11.4 Å². The van der Waals surface area contributed by atoms with Crippen LogP contribution in [0.5, 0.6) is 0 Å². The molecule has 0 fully saturated rings. The van der Waals surface area contributed by atoms with Gasteiger partial charge in [0.25, 0.3) is 0 Å². The second-order valence-electron chi connectivity index (χ2n) is 9.92. The molecule has 2 nitrogen and oxygen atoms in total. The zero-order valence-electron chi connectivity index (χ0n) is 21.6. The molecule has 2 aliphatic rings. The minimum absolute atomic E-state index is 0.106. The number of anilines is 2. The van der Waals surface area contributed by atoms with Crippen molar-refractivity contribution in [3.63, 3.8) is 0 Å². The van der Waals surface area contributed by atoms with Crippen molar-refractivity contribution in [3.8, 4) is 11.3 Å². The molecule has 180 valence electrons. The SMILES string of the molecule is CC=CC1=C(C)Sc2ccccc2N1c1ccc2c(c1)-c1c3ccccc3cc[n+]1C(CC)(CC)C2. The molecule has 0 aliphatic carbocycles. The third-order valence-corrected chi connectivity index (χ3v) is 9.19. The number of aromatic nitrogens is 1. The lowest BCUT2D eigenvalue weighted by molar-refractivity contribution is -0.757. The summed E-state index contributed by atoms with van der Waals surface area (Å²) in [5.41, 5.74) is 7.98. The minimum Gasteiger partial charge on any atom is -0.309 e. The lowest BCUT2D eigenvalue weighted by Gasteiger charge is -2.36. The van der Waals surface area contributed by atoms with Gasteiger partial charge < -0.3 is 4.90 Å². The van der Waals surface area contributed by atoms with Crippen molar-refractivity contribution in [2.75, 3.05) is 4.90 Å². The molecule has 0 unspecified atom stereocenters. The smallest absolute Gasteiger partial charge is 0.221 e. The second-order valence-corrected chi connectivity index (χ2v) is 11.2. The van der Waals surface area contributed by atoms with E-state index in [0.29, 0.717) is 0 Å². The summed E-state index contributed by atoms with van der Waals surface area (Å²) < 4.78 is 2.59. The van der Waals surface area contributed by atoms with Gasteiger partial charge in [0.15, 0.2) is 11.7 Å². The normalized spacial score (nSPS) is 16.3. The number of allylic oxidation sites excluding steroid dienone is 3. The molecule has 0 N–H and O–H groups in total. The lowest BCUT2D eigenvalue weighted by atomic mass is 9.78. The molecule has 4 aromatic rings. The highest BCUT2D eigenvalue weighted by molar-refractivity contribution is 8.03. The van der Waals surface area contributed by atoms with E-state index in [4.69, 9.17) is 0 Å². The van der Waals surface area contributed by atoms with Crippen LogP contribution >= 0.6 is 11.8 Å². The van der Waals surface area contributed by atoms with Gasteiger partial charge in [-0.1, -0.05) is 68.1 Å². The molecule has 36 heavy (non-hydrogen) atoms. The molecule has 3 aromatic carbocycles. The molecule has 1 aromatic heterocycles. The van der Waals surface area contributed by atoms with Crippen molar-refractivity contribution < 1.29 is 4.57 Å². The van der Waals surface area contributed by atoms with Gasteiger partial charge >= 0.3 is 0 Å². The molecule has 3 heterocycles. The molecule has 0 amide bonds. The summed E-state index contributed by atoms with van der Waals surface area (Å²) in [4.78, 5) is 5.07. The van der Waals surface area contributed by atoms with E-state index >= 15 is 0 Å². The van der Waals surface area contributed by atoms with Gasteiger partial charge in [-0.2, -0.15) is 4.57 Å². The predicted molar refractivity (Wildman–Crippen MR) is 154 cm³/mol. The Morgan fingerprint density at radius 2 is 1.75 bits per heavy atom. The van der Waals surface area contributed by atoms with Crippen LogP contribution in [0.1, 0.15) is 46.1 Å². The van der Waals surface area contributed by atoms with Gasteiger partial charge in [-0.05, 0) is 61.2 Å². The number of fused-ring (bicyclic) bond motifs is 6. The van der Waals surface area contributed by atoms with Gasteiger partial charge in [0.2, 0.25) is 5.69 Å². The minimum atomic E-state index is 0.106. The summed E-state index contributed by atoms with van der Waals surface area (Å²) in [6, 6.07) is 27.1.